The van der Waals surface area contributed by atoms with E-state index in [1.165, 1.54) is 24.3 Å². The molecule has 3 aromatic rings. The molecule has 0 saturated carbocycles. The molecule has 0 spiro atoms. The van der Waals surface area contributed by atoms with Gasteiger partial charge in [-0.2, -0.15) is 13.2 Å². The monoisotopic (exact) mass is 436 g/mol. The Morgan fingerprint density at radius 2 is 1.50 bits per heavy atom. The fourth-order valence-corrected chi connectivity index (χ4v) is 3.51. The van der Waals surface area contributed by atoms with Crippen LogP contribution in [0.4, 0.5) is 29.2 Å². The Morgan fingerprint density at radius 3 is 2.13 bits per heavy atom. The number of nitrogens with zero attached hydrogens (tertiary/aromatic N) is 4. The quantitative estimate of drug-likeness (QED) is 0.523. The summed E-state index contributed by atoms with van der Waals surface area (Å²) in [4.78, 5) is 11.9. The van der Waals surface area contributed by atoms with E-state index in [0.29, 0.717) is 36.8 Å². The average Bonchev–Trinajstić information content (AvgIpc) is 2.73. The van der Waals surface area contributed by atoms with E-state index in [4.69, 9.17) is 11.6 Å². The maximum Gasteiger partial charge on any atom is 0.433 e. The summed E-state index contributed by atoms with van der Waals surface area (Å²) in [7, 11) is 0. The van der Waals surface area contributed by atoms with E-state index in [2.05, 4.69) is 14.9 Å². The second-order valence-corrected chi connectivity index (χ2v) is 7.33. The zero-order valence-electron chi connectivity index (χ0n) is 15.7. The fourth-order valence-electron chi connectivity index (χ4n) is 3.33. The van der Waals surface area contributed by atoms with Gasteiger partial charge in [-0.1, -0.05) is 17.7 Å². The highest BCUT2D eigenvalue weighted by atomic mass is 35.5. The average molecular weight is 437 g/mol. The van der Waals surface area contributed by atoms with Gasteiger partial charge in [-0.25, -0.2) is 14.4 Å². The molecule has 2 aromatic carbocycles. The molecular formula is C21H17ClF4N4. The highest BCUT2D eigenvalue weighted by molar-refractivity contribution is 6.30. The number of alkyl halides is 3. The molecule has 4 nitrogen and oxygen atoms in total. The zero-order valence-corrected chi connectivity index (χ0v) is 16.5. The Labute approximate surface area is 175 Å². The summed E-state index contributed by atoms with van der Waals surface area (Å²) in [5.41, 5.74) is 0.427. The van der Waals surface area contributed by atoms with Crippen LogP contribution in [0.25, 0.3) is 11.3 Å². The molecule has 1 fully saturated rings. The zero-order chi connectivity index (χ0) is 21.3. The third-order valence-corrected chi connectivity index (χ3v) is 5.12. The van der Waals surface area contributed by atoms with E-state index in [9.17, 15) is 17.6 Å². The molecule has 2 heterocycles. The van der Waals surface area contributed by atoms with Gasteiger partial charge in [0.25, 0.3) is 0 Å². The minimum absolute atomic E-state index is 0.00916. The van der Waals surface area contributed by atoms with Crippen LogP contribution in [0.5, 0.6) is 0 Å². The Bertz CT molecular complexity index is 1030. The second-order valence-electron chi connectivity index (χ2n) is 6.90. The van der Waals surface area contributed by atoms with Crippen LogP contribution in [-0.2, 0) is 6.18 Å². The molecule has 0 aliphatic carbocycles. The van der Waals surface area contributed by atoms with E-state index in [1.807, 2.05) is 18.2 Å². The smallest absolute Gasteiger partial charge is 0.368 e. The highest BCUT2D eigenvalue weighted by Crippen LogP contribution is 2.32. The first kappa shape index (κ1) is 20.4. The molecule has 156 valence electrons. The van der Waals surface area contributed by atoms with Crippen LogP contribution in [0.1, 0.15) is 5.69 Å². The maximum atomic E-state index is 13.4. The van der Waals surface area contributed by atoms with E-state index >= 15 is 0 Å². The van der Waals surface area contributed by atoms with Crippen molar-refractivity contribution in [1.82, 2.24) is 9.97 Å². The van der Waals surface area contributed by atoms with Crippen LogP contribution in [0.3, 0.4) is 0 Å². The lowest BCUT2D eigenvalue weighted by Gasteiger charge is -2.36. The normalized spacial score (nSPS) is 14.8. The second kappa shape index (κ2) is 8.10. The van der Waals surface area contributed by atoms with Crippen molar-refractivity contribution in [2.75, 3.05) is 36.0 Å². The van der Waals surface area contributed by atoms with E-state index < -0.39 is 17.7 Å². The van der Waals surface area contributed by atoms with E-state index in [-0.39, 0.29) is 11.6 Å². The Kier molecular flexibility index (Phi) is 5.51. The van der Waals surface area contributed by atoms with Crippen molar-refractivity contribution in [3.05, 3.63) is 71.1 Å². The topological polar surface area (TPSA) is 32.3 Å². The lowest BCUT2D eigenvalue weighted by atomic mass is 10.1. The first-order valence-corrected chi connectivity index (χ1v) is 9.65. The molecular weight excluding hydrogens is 420 g/mol. The van der Waals surface area contributed by atoms with Gasteiger partial charge in [0.05, 0.1) is 5.69 Å². The SMILES string of the molecule is Fc1ccc(-c2cc(C(F)(F)F)nc(N3CCN(c4cccc(Cl)c4)CC3)n2)cc1. The van der Waals surface area contributed by atoms with Gasteiger partial charge in [0, 0.05) is 42.5 Å². The molecule has 4 rings (SSSR count). The third-order valence-electron chi connectivity index (χ3n) is 4.88. The summed E-state index contributed by atoms with van der Waals surface area (Å²) in [6.45, 7) is 2.09. The lowest BCUT2D eigenvalue weighted by molar-refractivity contribution is -0.141. The van der Waals surface area contributed by atoms with Gasteiger partial charge in [0.2, 0.25) is 5.95 Å². The molecule has 0 unspecified atom stereocenters. The molecule has 0 N–H and O–H groups in total. The van der Waals surface area contributed by atoms with Crippen LogP contribution in [0.15, 0.2) is 54.6 Å². The van der Waals surface area contributed by atoms with Crippen LogP contribution >= 0.6 is 11.6 Å². The summed E-state index contributed by atoms with van der Waals surface area (Å²) in [5.74, 6) is -0.462. The van der Waals surface area contributed by atoms with Crippen molar-refractivity contribution in [1.29, 1.82) is 0 Å². The Hall–Kier alpha value is -2.87. The highest BCUT2D eigenvalue weighted by Gasteiger charge is 2.34. The van der Waals surface area contributed by atoms with Crippen molar-refractivity contribution in [3.8, 4) is 11.3 Å². The van der Waals surface area contributed by atoms with Gasteiger partial charge in [-0.15, -0.1) is 0 Å². The van der Waals surface area contributed by atoms with Crippen molar-refractivity contribution in [2.24, 2.45) is 0 Å². The molecule has 1 aromatic heterocycles. The largest absolute Gasteiger partial charge is 0.433 e. The molecule has 30 heavy (non-hydrogen) atoms. The lowest BCUT2D eigenvalue weighted by Crippen LogP contribution is -2.47. The molecule has 0 radical (unpaired) electrons. The van der Waals surface area contributed by atoms with Gasteiger partial charge < -0.3 is 9.80 Å². The van der Waals surface area contributed by atoms with Gasteiger partial charge in [0.15, 0.2) is 5.69 Å². The van der Waals surface area contributed by atoms with Crippen molar-refractivity contribution >= 4 is 23.2 Å². The minimum Gasteiger partial charge on any atom is -0.368 e. The molecule has 0 bridgehead atoms. The number of rotatable bonds is 3. The van der Waals surface area contributed by atoms with Gasteiger partial charge in [0.1, 0.15) is 5.82 Å². The summed E-state index contributed by atoms with van der Waals surface area (Å²) < 4.78 is 53.5. The summed E-state index contributed by atoms with van der Waals surface area (Å²) in [6, 6.07) is 13.5. The van der Waals surface area contributed by atoms with E-state index in [1.54, 1.807) is 11.0 Å². The summed E-state index contributed by atoms with van der Waals surface area (Å²) in [6.07, 6.45) is -4.62. The minimum atomic E-state index is -4.62. The van der Waals surface area contributed by atoms with Crippen LogP contribution in [0.2, 0.25) is 5.02 Å². The van der Waals surface area contributed by atoms with Crippen LogP contribution in [0, 0.1) is 5.82 Å². The van der Waals surface area contributed by atoms with Crippen molar-refractivity contribution < 1.29 is 17.6 Å². The third kappa shape index (κ3) is 4.48. The van der Waals surface area contributed by atoms with Gasteiger partial charge in [-0.05, 0) is 48.5 Å². The predicted molar refractivity (Wildman–Crippen MR) is 108 cm³/mol. The fraction of sp³-hybridized carbons (Fsp3) is 0.238. The first-order valence-electron chi connectivity index (χ1n) is 9.27. The predicted octanol–water partition coefficient (Wildman–Crippen LogP) is 5.28. The number of aromatic nitrogens is 2. The number of hydrogen-bond acceptors (Lipinski definition) is 4. The van der Waals surface area contributed by atoms with Gasteiger partial charge >= 0.3 is 6.18 Å². The number of piperazine rings is 1. The number of halogens is 5. The number of hydrogen-bond donors (Lipinski definition) is 0. The molecule has 9 heteroatoms. The summed E-state index contributed by atoms with van der Waals surface area (Å²) >= 11 is 6.05. The molecule has 1 aliphatic rings. The summed E-state index contributed by atoms with van der Waals surface area (Å²) in [5, 5.41) is 0.625. The standard InChI is InChI=1S/C21H17ClF4N4/c22-15-2-1-3-17(12-15)29-8-10-30(11-9-29)20-27-18(13-19(28-20)21(24,25)26)14-4-6-16(23)7-5-14/h1-7,12-13H,8-11H2. The van der Waals surface area contributed by atoms with Gasteiger partial charge in [-0.3, -0.25) is 0 Å². The van der Waals surface area contributed by atoms with E-state index in [0.717, 1.165) is 11.8 Å². The molecule has 1 saturated heterocycles. The number of anilines is 2. The Balaban J connectivity index is 1.60. The van der Waals surface area contributed by atoms with Crippen LogP contribution in [-0.4, -0.2) is 36.1 Å². The molecule has 0 atom stereocenters. The Morgan fingerprint density at radius 1 is 0.833 bits per heavy atom. The molecule has 1 aliphatic heterocycles. The molecule has 0 amide bonds. The van der Waals surface area contributed by atoms with Crippen molar-refractivity contribution in [3.63, 3.8) is 0 Å². The maximum absolute atomic E-state index is 13.4. The first-order chi connectivity index (χ1) is 14.3. The van der Waals surface area contributed by atoms with Crippen LogP contribution < -0.4 is 9.80 Å². The van der Waals surface area contributed by atoms with Crippen molar-refractivity contribution in [2.45, 2.75) is 6.18 Å². The number of benzene rings is 2.